The quantitative estimate of drug-likeness (QED) is 0.0666. The summed E-state index contributed by atoms with van der Waals surface area (Å²) in [4.78, 5) is 2.11. The third-order valence-electron chi connectivity index (χ3n) is 7.40. The maximum Gasteiger partial charge on any atom is 0.188 e. The predicted molar refractivity (Wildman–Crippen MR) is 155 cm³/mol. The molecular weight excluding hydrogens is 414 g/mol. The van der Waals surface area contributed by atoms with Gasteiger partial charge in [0.15, 0.2) is 5.96 Å². The van der Waals surface area contributed by atoms with Crippen LogP contribution in [0, 0.1) is 5.41 Å². The molecule has 0 aliphatic carbocycles. The summed E-state index contributed by atoms with van der Waals surface area (Å²) in [5.41, 5.74) is 5.83. The molecule has 3 heteroatoms. The van der Waals surface area contributed by atoms with Crippen LogP contribution < -0.4 is 5.73 Å². The van der Waals surface area contributed by atoms with E-state index in [1.807, 2.05) is 0 Å². The van der Waals surface area contributed by atoms with Crippen molar-refractivity contribution in [2.75, 3.05) is 13.1 Å². The standard InChI is InChI=1S/C31H65N3/c1-3-5-7-9-11-13-15-16-17-18-19-20-22-24-26-28-30-34(31(32)33)29-27-25-23-21-14-12-10-8-6-4-2/h3-30H2,1-2H3,(H3,32,33). The molecular formula is C31H65N3. The normalized spacial score (nSPS) is 11.2. The van der Waals surface area contributed by atoms with Crippen LogP contribution >= 0.6 is 0 Å². The van der Waals surface area contributed by atoms with Gasteiger partial charge in [-0.3, -0.25) is 5.41 Å². The summed E-state index contributed by atoms with van der Waals surface area (Å²) in [6, 6.07) is 0. The Kier molecular flexibility index (Phi) is 27.9. The minimum atomic E-state index is 0.275. The van der Waals surface area contributed by atoms with Gasteiger partial charge in [0.1, 0.15) is 0 Å². The lowest BCUT2D eigenvalue weighted by Crippen LogP contribution is -2.37. The second kappa shape index (κ2) is 28.5. The lowest BCUT2D eigenvalue weighted by molar-refractivity contribution is 0.378. The first-order valence-corrected chi connectivity index (χ1v) is 15.8. The third-order valence-corrected chi connectivity index (χ3v) is 7.40. The molecule has 0 saturated heterocycles. The fourth-order valence-corrected chi connectivity index (χ4v) is 4.99. The average Bonchev–Trinajstić information content (AvgIpc) is 2.83. The van der Waals surface area contributed by atoms with Gasteiger partial charge in [-0.05, 0) is 12.8 Å². The highest BCUT2D eigenvalue weighted by atomic mass is 15.2. The molecule has 3 N–H and O–H groups in total. The van der Waals surface area contributed by atoms with Crippen molar-refractivity contribution in [2.24, 2.45) is 5.73 Å². The van der Waals surface area contributed by atoms with Gasteiger partial charge in [-0.25, -0.2) is 0 Å². The summed E-state index contributed by atoms with van der Waals surface area (Å²) in [7, 11) is 0. The van der Waals surface area contributed by atoms with Crippen molar-refractivity contribution in [3.63, 3.8) is 0 Å². The zero-order valence-electron chi connectivity index (χ0n) is 23.8. The van der Waals surface area contributed by atoms with Crippen molar-refractivity contribution in [3.05, 3.63) is 0 Å². The Morgan fingerprint density at radius 1 is 0.412 bits per heavy atom. The summed E-state index contributed by atoms with van der Waals surface area (Å²) >= 11 is 0. The van der Waals surface area contributed by atoms with Crippen LogP contribution in [0.15, 0.2) is 0 Å². The SMILES string of the molecule is CCCCCCCCCCCCCCCCCCN(CCCCCCCCCCCC)C(=N)N. The molecule has 0 heterocycles. The number of nitrogens with zero attached hydrogens (tertiary/aromatic N) is 1. The molecule has 0 bridgehead atoms. The summed E-state index contributed by atoms with van der Waals surface area (Å²) < 4.78 is 0. The third kappa shape index (κ3) is 25.9. The van der Waals surface area contributed by atoms with Crippen LogP contribution in [0.4, 0.5) is 0 Å². The highest BCUT2D eigenvalue weighted by Gasteiger charge is 2.06. The zero-order chi connectivity index (χ0) is 25.0. The maximum absolute atomic E-state index is 7.87. The van der Waals surface area contributed by atoms with Crippen LogP contribution in [-0.2, 0) is 0 Å². The number of rotatable bonds is 28. The highest BCUT2D eigenvalue weighted by Crippen LogP contribution is 2.14. The first-order valence-electron chi connectivity index (χ1n) is 15.8. The van der Waals surface area contributed by atoms with E-state index in [4.69, 9.17) is 11.1 Å². The Morgan fingerprint density at radius 2 is 0.618 bits per heavy atom. The Bertz CT molecular complexity index is 396. The minimum Gasteiger partial charge on any atom is -0.370 e. The molecule has 34 heavy (non-hydrogen) atoms. The monoisotopic (exact) mass is 480 g/mol. The zero-order valence-corrected chi connectivity index (χ0v) is 23.8. The van der Waals surface area contributed by atoms with E-state index in [1.165, 1.54) is 167 Å². The molecule has 0 saturated carbocycles. The molecule has 0 aromatic heterocycles. The van der Waals surface area contributed by atoms with E-state index in [2.05, 4.69) is 18.7 Å². The highest BCUT2D eigenvalue weighted by molar-refractivity contribution is 5.74. The van der Waals surface area contributed by atoms with Gasteiger partial charge in [0.2, 0.25) is 0 Å². The molecule has 0 fully saturated rings. The van der Waals surface area contributed by atoms with Gasteiger partial charge < -0.3 is 10.6 Å². The van der Waals surface area contributed by atoms with E-state index in [-0.39, 0.29) is 5.96 Å². The first-order chi connectivity index (χ1) is 16.7. The smallest absolute Gasteiger partial charge is 0.188 e. The number of hydrogen-bond donors (Lipinski definition) is 2. The molecule has 0 unspecified atom stereocenters. The van der Waals surface area contributed by atoms with Gasteiger partial charge >= 0.3 is 0 Å². The van der Waals surface area contributed by atoms with Crippen LogP contribution in [0.1, 0.15) is 181 Å². The Balaban J connectivity index is 3.38. The van der Waals surface area contributed by atoms with Crippen LogP contribution in [-0.4, -0.2) is 23.9 Å². The number of guanidine groups is 1. The van der Waals surface area contributed by atoms with Crippen molar-refractivity contribution in [2.45, 2.75) is 181 Å². The number of hydrogen-bond acceptors (Lipinski definition) is 1. The first kappa shape index (κ1) is 33.3. The molecule has 0 aliphatic rings. The van der Waals surface area contributed by atoms with Crippen molar-refractivity contribution < 1.29 is 0 Å². The minimum absolute atomic E-state index is 0.275. The number of nitrogens with one attached hydrogen (secondary N) is 1. The molecule has 0 spiro atoms. The maximum atomic E-state index is 7.87. The fourth-order valence-electron chi connectivity index (χ4n) is 4.99. The van der Waals surface area contributed by atoms with Crippen molar-refractivity contribution in [1.82, 2.24) is 4.90 Å². The van der Waals surface area contributed by atoms with E-state index in [1.54, 1.807) is 0 Å². The molecule has 3 nitrogen and oxygen atoms in total. The van der Waals surface area contributed by atoms with E-state index in [0.29, 0.717) is 0 Å². The van der Waals surface area contributed by atoms with E-state index >= 15 is 0 Å². The Morgan fingerprint density at radius 3 is 0.824 bits per heavy atom. The summed E-state index contributed by atoms with van der Waals surface area (Å²) in [6.07, 6.45) is 36.0. The summed E-state index contributed by atoms with van der Waals surface area (Å²) in [6.45, 7) is 6.53. The van der Waals surface area contributed by atoms with Gasteiger partial charge in [0.05, 0.1) is 0 Å². The van der Waals surface area contributed by atoms with E-state index in [0.717, 1.165) is 13.1 Å². The largest absolute Gasteiger partial charge is 0.370 e. The number of unbranched alkanes of at least 4 members (excludes halogenated alkanes) is 24. The van der Waals surface area contributed by atoms with Crippen molar-refractivity contribution in [3.8, 4) is 0 Å². The van der Waals surface area contributed by atoms with Crippen LogP contribution in [0.2, 0.25) is 0 Å². The van der Waals surface area contributed by atoms with E-state index < -0.39 is 0 Å². The molecule has 204 valence electrons. The molecule has 0 aliphatic heterocycles. The molecule has 0 atom stereocenters. The number of nitrogens with two attached hydrogens (primary N) is 1. The van der Waals surface area contributed by atoms with Crippen LogP contribution in [0.25, 0.3) is 0 Å². The fraction of sp³-hybridized carbons (Fsp3) is 0.968. The van der Waals surface area contributed by atoms with Gasteiger partial charge in [-0.15, -0.1) is 0 Å². The molecule has 0 amide bonds. The Labute approximate surface area is 215 Å². The molecule has 0 aromatic rings. The topological polar surface area (TPSA) is 53.1 Å². The lowest BCUT2D eigenvalue weighted by atomic mass is 10.0. The lowest BCUT2D eigenvalue weighted by Gasteiger charge is -2.22. The van der Waals surface area contributed by atoms with Crippen LogP contribution in [0.5, 0.6) is 0 Å². The second-order valence-electron chi connectivity index (χ2n) is 10.9. The molecule has 0 aromatic carbocycles. The molecule has 0 radical (unpaired) electrons. The Hall–Kier alpha value is -0.730. The summed E-state index contributed by atoms with van der Waals surface area (Å²) in [5.74, 6) is 0.275. The average molecular weight is 480 g/mol. The van der Waals surface area contributed by atoms with Gasteiger partial charge in [-0.1, -0.05) is 168 Å². The second-order valence-corrected chi connectivity index (χ2v) is 10.9. The van der Waals surface area contributed by atoms with Gasteiger partial charge in [0, 0.05) is 13.1 Å². The molecule has 0 rings (SSSR count). The van der Waals surface area contributed by atoms with Crippen molar-refractivity contribution >= 4 is 5.96 Å². The van der Waals surface area contributed by atoms with Gasteiger partial charge in [-0.2, -0.15) is 0 Å². The van der Waals surface area contributed by atoms with E-state index in [9.17, 15) is 0 Å². The van der Waals surface area contributed by atoms with Gasteiger partial charge in [0.25, 0.3) is 0 Å². The predicted octanol–water partition coefficient (Wildman–Crippen LogP) is 10.4. The van der Waals surface area contributed by atoms with Crippen LogP contribution in [0.3, 0.4) is 0 Å². The van der Waals surface area contributed by atoms with Crippen molar-refractivity contribution in [1.29, 1.82) is 5.41 Å². The summed E-state index contributed by atoms with van der Waals surface area (Å²) in [5, 5.41) is 7.87.